The fourth-order valence-electron chi connectivity index (χ4n) is 4.23. The minimum absolute atomic E-state index is 0.151. The predicted molar refractivity (Wildman–Crippen MR) is 162 cm³/mol. The lowest BCUT2D eigenvalue weighted by molar-refractivity contribution is -0.140. The number of hydrogen-bond donors (Lipinski definition) is 1. The van der Waals surface area contributed by atoms with Crippen molar-refractivity contribution >= 4 is 62.3 Å². The van der Waals surface area contributed by atoms with Crippen LogP contribution >= 0.6 is 34.8 Å². The Bertz CT molecular complexity index is 1560. The van der Waals surface area contributed by atoms with Crippen molar-refractivity contribution in [3.05, 3.63) is 92.9 Å². The number of rotatable bonds is 12. The molecule has 0 radical (unpaired) electrons. The van der Waals surface area contributed by atoms with Gasteiger partial charge in [0.1, 0.15) is 12.6 Å². The zero-order valence-electron chi connectivity index (χ0n) is 23.2. The zero-order valence-corrected chi connectivity index (χ0v) is 26.3. The topological polar surface area (TPSA) is 86.8 Å². The third kappa shape index (κ3) is 8.56. The molecule has 2 amide bonds. The van der Waals surface area contributed by atoms with E-state index in [4.69, 9.17) is 34.8 Å². The fourth-order valence-corrected chi connectivity index (χ4v) is 6.27. The molecule has 3 aromatic carbocycles. The molecule has 0 heterocycles. The Morgan fingerprint density at radius 3 is 2.14 bits per heavy atom. The van der Waals surface area contributed by atoms with Crippen LogP contribution in [0.15, 0.2) is 71.6 Å². The second-order valence-corrected chi connectivity index (χ2v) is 12.6. The molecule has 0 spiro atoms. The van der Waals surface area contributed by atoms with E-state index in [0.29, 0.717) is 35.0 Å². The molecular weight excluding hydrogens is 650 g/mol. The lowest BCUT2D eigenvalue weighted by atomic mass is 10.1. The number of alkyl halides is 3. The van der Waals surface area contributed by atoms with Crippen LogP contribution in [0.4, 0.5) is 18.9 Å². The van der Waals surface area contributed by atoms with E-state index in [1.165, 1.54) is 41.3 Å². The van der Waals surface area contributed by atoms with Gasteiger partial charge in [-0.1, -0.05) is 72.9 Å². The number of sulfonamides is 1. The zero-order chi connectivity index (χ0) is 31.9. The van der Waals surface area contributed by atoms with Crippen LogP contribution in [0.3, 0.4) is 0 Å². The monoisotopic (exact) mass is 677 g/mol. The van der Waals surface area contributed by atoms with E-state index in [0.717, 1.165) is 6.07 Å². The summed E-state index contributed by atoms with van der Waals surface area (Å²) in [4.78, 5) is 28.1. The van der Waals surface area contributed by atoms with Crippen molar-refractivity contribution in [1.82, 2.24) is 10.2 Å². The smallest absolute Gasteiger partial charge is 0.354 e. The van der Waals surface area contributed by atoms with Crippen molar-refractivity contribution in [1.29, 1.82) is 0 Å². The first kappa shape index (κ1) is 34.5. The average Bonchev–Trinajstić information content (AvgIpc) is 2.96. The molecule has 14 heteroatoms. The van der Waals surface area contributed by atoms with Crippen LogP contribution in [-0.2, 0) is 32.3 Å². The van der Waals surface area contributed by atoms with Gasteiger partial charge in [0.15, 0.2) is 0 Å². The minimum atomic E-state index is -4.82. The molecule has 0 saturated carbocycles. The molecule has 0 fully saturated rings. The van der Waals surface area contributed by atoms with Crippen LogP contribution < -0.4 is 9.62 Å². The van der Waals surface area contributed by atoms with Crippen molar-refractivity contribution in [2.45, 2.75) is 50.3 Å². The normalized spacial score (nSPS) is 12.5. The van der Waals surface area contributed by atoms with E-state index < -0.39 is 51.9 Å². The summed E-state index contributed by atoms with van der Waals surface area (Å²) < 4.78 is 69.3. The number of carbonyl (C=O) groups excluding carboxylic acids is 2. The van der Waals surface area contributed by atoms with E-state index in [9.17, 15) is 31.2 Å². The largest absolute Gasteiger partial charge is 0.416 e. The van der Waals surface area contributed by atoms with E-state index in [-0.39, 0.29) is 32.9 Å². The van der Waals surface area contributed by atoms with Crippen molar-refractivity contribution in [2.75, 3.05) is 17.4 Å². The van der Waals surface area contributed by atoms with Gasteiger partial charge in [-0.25, -0.2) is 8.42 Å². The number of halogens is 6. The lowest BCUT2D eigenvalue weighted by Crippen LogP contribution is -2.52. The van der Waals surface area contributed by atoms with Crippen LogP contribution in [0.2, 0.25) is 15.1 Å². The molecule has 0 bridgehead atoms. The maximum atomic E-state index is 14.0. The van der Waals surface area contributed by atoms with Crippen LogP contribution in [0.1, 0.15) is 37.8 Å². The van der Waals surface area contributed by atoms with Gasteiger partial charge >= 0.3 is 6.18 Å². The summed E-state index contributed by atoms with van der Waals surface area (Å²) in [7, 11) is -4.62. The summed E-state index contributed by atoms with van der Waals surface area (Å²) in [5.41, 5.74) is -1.23. The first-order valence-electron chi connectivity index (χ1n) is 13.2. The molecule has 1 atom stereocenters. The summed E-state index contributed by atoms with van der Waals surface area (Å²) in [6.07, 6.45) is -4.05. The van der Waals surface area contributed by atoms with Crippen LogP contribution in [0.5, 0.6) is 0 Å². The lowest BCUT2D eigenvalue weighted by Gasteiger charge is -2.33. The van der Waals surface area contributed by atoms with Gasteiger partial charge < -0.3 is 10.2 Å². The number of carbonyl (C=O) groups is 2. The van der Waals surface area contributed by atoms with Crippen molar-refractivity contribution in [3.8, 4) is 0 Å². The van der Waals surface area contributed by atoms with Crippen molar-refractivity contribution in [3.63, 3.8) is 0 Å². The van der Waals surface area contributed by atoms with Gasteiger partial charge in [-0.3, -0.25) is 13.9 Å². The second-order valence-electron chi connectivity index (χ2n) is 9.47. The minimum Gasteiger partial charge on any atom is -0.354 e. The third-order valence-corrected chi connectivity index (χ3v) is 9.26. The number of hydrogen-bond acceptors (Lipinski definition) is 4. The quantitative estimate of drug-likeness (QED) is 0.220. The second kappa shape index (κ2) is 14.7. The number of benzene rings is 3. The summed E-state index contributed by atoms with van der Waals surface area (Å²) in [5, 5.41) is 2.86. The van der Waals surface area contributed by atoms with Gasteiger partial charge in [0, 0.05) is 13.1 Å². The highest BCUT2D eigenvalue weighted by Crippen LogP contribution is 2.37. The fraction of sp³-hybridized carbons (Fsp3) is 0.310. The van der Waals surface area contributed by atoms with Gasteiger partial charge in [-0.2, -0.15) is 13.2 Å². The Morgan fingerprint density at radius 1 is 0.907 bits per heavy atom. The van der Waals surface area contributed by atoms with Crippen LogP contribution in [-0.4, -0.2) is 44.3 Å². The molecule has 1 unspecified atom stereocenters. The van der Waals surface area contributed by atoms with Crippen LogP contribution in [0, 0.1) is 0 Å². The Hall–Kier alpha value is -2.99. The molecule has 0 aliphatic rings. The number of amides is 2. The summed E-state index contributed by atoms with van der Waals surface area (Å²) in [5.74, 6) is -1.34. The molecule has 232 valence electrons. The predicted octanol–water partition coefficient (Wildman–Crippen LogP) is 7.19. The maximum Gasteiger partial charge on any atom is 0.416 e. The van der Waals surface area contributed by atoms with E-state index in [1.807, 2.05) is 6.92 Å². The Labute approximate surface area is 263 Å². The van der Waals surface area contributed by atoms with Gasteiger partial charge in [-0.05, 0) is 60.9 Å². The third-order valence-electron chi connectivity index (χ3n) is 6.42. The molecule has 0 aliphatic heterocycles. The summed E-state index contributed by atoms with van der Waals surface area (Å²) in [6.45, 7) is 2.72. The van der Waals surface area contributed by atoms with Crippen molar-refractivity contribution in [2.24, 2.45) is 0 Å². The Kier molecular flexibility index (Phi) is 11.8. The van der Waals surface area contributed by atoms with E-state index in [1.54, 1.807) is 19.1 Å². The molecular formula is C29H29Cl3F3N3O4S. The molecule has 7 nitrogen and oxygen atoms in total. The molecule has 0 aromatic heterocycles. The molecule has 3 rings (SSSR count). The number of anilines is 1. The maximum absolute atomic E-state index is 14.0. The Morgan fingerprint density at radius 2 is 1.56 bits per heavy atom. The van der Waals surface area contributed by atoms with Gasteiger partial charge in [-0.15, -0.1) is 0 Å². The van der Waals surface area contributed by atoms with Gasteiger partial charge in [0.2, 0.25) is 11.8 Å². The first-order valence-corrected chi connectivity index (χ1v) is 15.7. The summed E-state index contributed by atoms with van der Waals surface area (Å²) >= 11 is 18.5. The molecule has 3 aromatic rings. The van der Waals surface area contributed by atoms with Gasteiger partial charge in [0.25, 0.3) is 10.0 Å². The van der Waals surface area contributed by atoms with Gasteiger partial charge in [0.05, 0.1) is 31.2 Å². The van der Waals surface area contributed by atoms with Crippen LogP contribution in [0.25, 0.3) is 0 Å². The van der Waals surface area contributed by atoms with E-state index in [2.05, 4.69) is 5.32 Å². The standard InChI is InChI=1S/C29H29Cl3F3N3O4S/c1-3-14-36-28(40)25(4-2)37(17-19-10-12-22(30)24(32)15-19)27(39)18-38(43(41,42)21-8-6-5-7-9-21)26-16-20(29(33,34)35)11-13-23(26)31/h5-13,15-16,25H,3-4,14,17-18H2,1-2H3,(H,36,40). The molecule has 0 aliphatic carbocycles. The number of nitrogens with one attached hydrogen (secondary N) is 1. The SMILES string of the molecule is CCCNC(=O)C(CC)N(Cc1ccc(Cl)c(Cl)c1)C(=O)CN(c1cc(C(F)(F)F)ccc1Cl)S(=O)(=O)c1ccccc1. The average molecular weight is 679 g/mol. The number of nitrogens with zero attached hydrogens (tertiary/aromatic N) is 2. The highest BCUT2D eigenvalue weighted by Gasteiger charge is 2.37. The highest BCUT2D eigenvalue weighted by molar-refractivity contribution is 7.92. The highest BCUT2D eigenvalue weighted by atomic mass is 35.5. The van der Waals surface area contributed by atoms with Crippen molar-refractivity contribution < 1.29 is 31.2 Å². The first-order chi connectivity index (χ1) is 20.2. The Balaban J connectivity index is 2.16. The molecule has 0 saturated heterocycles. The van der Waals surface area contributed by atoms with E-state index >= 15 is 0 Å². The molecule has 43 heavy (non-hydrogen) atoms. The summed E-state index contributed by atoms with van der Waals surface area (Å²) in [6, 6.07) is 12.7. The molecule has 1 N–H and O–H groups in total.